The lowest BCUT2D eigenvalue weighted by molar-refractivity contribution is 0.0950. The number of carbonyl (C=O) groups is 1. The smallest absolute Gasteiger partial charge is 0.287 e. The first-order valence-corrected chi connectivity index (χ1v) is 6.82. The summed E-state index contributed by atoms with van der Waals surface area (Å²) in [5.74, 6) is 0.962. The van der Waals surface area contributed by atoms with Crippen LogP contribution in [0.2, 0.25) is 0 Å². The Morgan fingerprint density at radius 2 is 2.14 bits per heavy atom. The monoisotopic (exact) mass is 351 g/mol. The van der Waals surface area contributed by atoms with Crippen molar-refractivity contribution in [1.82, 2.24) is 10.4 Å². The third kappa shape index (κ3) is 3.85. The van der Waals surface area contributed by atoms with Crippen LogP contribution in [0.25, 0.3) is 0 Å². The van der Waals surface area contributed by atoms with Crippen molar-refractivity contribution in [2.24, 2.45) is 5.10 Å². The number of ether oxygens (including phenoxy) is 2. The first-order valence-electron chi connectivity index (χ1n) is 6.03. The van der Waals surface area contributed by atoms with E-state index in [0.29, 0.717) is 17.2 Å². The molecule has 1 amide bonds. The van der Waals surface area contributed by atoms with Crippen molar-refractivity contribution in [2.75, 3.05) is 14.2 Å². The Morgan fingerprint density at radius 3 is 2.76 bits per heavy atom. The second-order valence-corrected chi connectivity index (χ2v) is 4.95. The van der Waals surface area contributed by atoms with Gasteiger partial charge in [0.2, 0.25) is 0 Å². The van der Waals surface area contributed by atoms with Crippen molar-refractivity contribution < 1.29 is 14.3 Å². The summed E-state index contributed by atoms with van der Waals surface area (Å²) in [5.41, 5.74) is 3.58. The second-order valence-electron chi connectivity index (χ2n) is 4.04. The van der Waals surface area contributed by atoms with Crippen molar-refractivity contribution in [2.45, 2.75) is 0 Å². The van der Waals surface area contributed by atoms with Gasteiger partial charge in [0.05, 0.1) is 20.4 Å². The molecule has 0 bridgehead atoms. The molecule has 0 aliphatic carbocycles. The summed E-state index contributed by atoms with van der Waals surface area (Å²) in [7, 11) is 3.14. The molecular formula is C14H14BrN3O3. The molecule has 0 unspecified atom stereocenters. The Morgan fingerprint density at radius 1 is 1.33 bits per heavy atom. The summed E-state index contributed by atoms with van der Waals surface area (Å²) in [5, 5.41) is 3.91. The van der Waals surface area contributed by atoms with Crippen molar-refractivity contribution >= 4 is 28.1 Å². The molecule has 0 aliphatic heterocycles. The Hall–Kier alpha value is -2.28. The van der Waals surface area contributed by atoms with Crippen LogP contribution < -0.4 is 14.9 Å². The number of carbonyl (C=O) groups excluding carboxylic acids is 1. The van der Waals surface area contributed by atoms with Gasteiger partial charge in [0.1, 0.15) is 17.2 Å². The maximum absolute atomic E-state index is 11.8. The van der Waals surface area contributed by atoms with Gasteiger partial charge in [0.25, 0.3) is 5.91 Å². The van der Waals surface area contributed by atoms with Gasteiger partial charge in [-0.1, -0.05) is 0 Å². The zero-order chi connectivity index (χ0) is 15.2. The quantitative estimate of drug-likeness (QED) is 0.642. The van der Waals surface area contributed by atoms with Crippen LogP contribution in [-0.2, 0) is 0 Å². The number of hydrogen-bond acceptors (Lipinski definition) is 4. The van der Waals surface area contributed by atoms with E-state index in [1.54, 1.807) is 44.7 Å². The minimum atomic E-state index is -0.329. The molecule has 1 heterocycles. The van der Waals surface area contributed by atoms with Crippen LogP contribution in [0.5, 0.6) is 11.5 Å². The van der Waals surface area contributed by atoms with Gasteiger partial charge >= 0.3 is 0 Å². The van der Waals surface area contributed by atoms with Gasteiger partial charge in [0, 0.05) is 22.3 Å². The molecule has 0 aliphatic rings. The van der Waals surface area contributed by atoms with Crippen LogP contribution in [0.4, 0.5) is 0 Å². The second kappa shape index (κ2) is 6.94. The summed E-state index contributed by atoms with van der Waals surface area (Å²) >= 11 is 3.26. The Bertz CT molecular complexity index is 667. The van der Waals surface area contributed by atoms with E-state index in [1.807, 2.05) is 0 Å². The maximum atomic E-state index is 11.8. The van der Waals surface area contributed by atoms with Gasteiger partial charge in [-0.2, -0.15) is 5.10 Å². The van der Waals surface area contributed by atoms with Gasteiger partial charge < -0.3 is 14.5 Å². The van der Waals surface area contributed by atoms with Crippen LogP contribution >= 0.6 is 15.9 Å². The summed E-state index contributed by atoms with van der Waals surface area (Å²) in [6.07, 6.45) is 3.18. The number of H-pyrrole nitrogens is 1. The fourth-order valence-electron chi connectivity index (χ4n) is 1.64. The SMILES string of the molecule is COc1ccc(/C=N\NC(=O)c2cc(Br)c[nH]2)c(OC)c1. The summed E-state index contributed by atoms with van der Waals surface area (Å²) in [4.78, 5) is 14.6. The Balaban J connectivity index is 2.06. The molecule has 2 aromatic rings. The van der Waals surface area contributed by atoms with Gasteiger partial charge in [-0.05, 0) is 34.1 Å². The largest absolute Gasteiger partial charge is 0.497 e. The lowest BCUT2D eigenvalue weighted by Gasteiger charge is -2.06. The van der Waals surface area contributed by atoms with Crippen LogP contribution in [0.3, 0.4) is 0 Å². The number of hydrazone groups is 1. The maximum Gasteiger partial charge on any atom is 0.287 e. The highest BCUT2D eigenvalue weighted by Crippen LogP contribution is 2.22. The molecule has 0 spiro atoms. The number of methoxy groups -OCH3 is 2. The number of hydrogen-bond donors (Lipinski definition) is 2. The number of amides is 1. The van der Waals surface area contributed by atoms with E-state index in [9.17, 15) is 4.79 Å². The lowest BCUT2D eigenvalue weighted by atomic mass is 10.2. The molecule has 0 saturated heterocycles. The standard InChI is InChI=1S/C14H14BrN3O3/c1-20-11-4-3-9(13(6-11)21-2)7-17-18-14(19)12-5-10(15)8-16-12/h3-8,16H,1-2H3,(H,18,19)/b17-7-. The average Bonchev–Trinajstić information content (AvgIpc) is 2.94. The van der Waals surface area contributed by atoms with Crippen molar-refractivity contribution in [3.8, 4) is 11.5 Å². The number of nitrogens with zero attached hydrogens (tertiary/aromatic N) is 1. The lowest BCUT2D eigenvalue weighted by Crippen LogP contribution is -2.17. The number of aromatic nitrogens is 1. The van der Waals surface area contributed by atoms with Crippen LogP contribution in [-0.4, -0.2) is 31.3 Å². The highest BCUT2D eigenvalue weighted by Gasteiger charge is 2.06. The number of halogens is 1. The van der Waals surface area contributed by atoms with Crippen molar-refractivity contribution in [3.05, 3.63) is 46.2 Å². The topological polar surface area (TPSA) is 75.7 Å². The zero-order valence-electron chi connectivity index (χ0n) is 11.5. The predicted octanol–water partition coefficient (Wildman–Crippen LogP) is 2.56. The molecule has 0 saturated carbocycles. The number of nitrogens with one attached hydrogen (secondary N) is 2. The van der Waals surface area contributed by atoms with Gasteiger partial charge in [-0.25, -0.2) is 5.43 Å². The molecule has 0 radical (unpaired) electrons. The minimum absolute atomic E-state index is 0.329. The molecular weight excluding hydrogens is 338 g/mol. The zero-order valence-corrected chi connectivity index (χ0v) is 13.1. The third-order valence-corrected chi connectivity index (χ3v) is 3.16. The van der Waals surface area contributed by atoms with Gasteiger partial charge in [0.15, 0.2) is 0 Å². The van der Waals surface area contributed by atoms with E-state index < -0.39 is 0 Å². The first-order chi connectivity index (χ1) is 10.1. The molecule has 6 nitrogen and oxygen atoms in total. The minimum Gasteiger partial charge on any atom is -0.497 e. The highest BCUT2D eigenvalue weighted by molar-refractivity contribution is 9.10. The van der Waals surface area contributed by atoms with E-state index in [-0.39, 0.29) is 5.91 Å². The van der Waals surface area contributed by atoms with E-state index in [1.165, 1.54) is 6.21 Å². The third-order valence-electron chi connectivity index (χ3n) is 2.70. The number of aromatic amines is 1. The summed E-state index contributed by atoms with van der Waals surface area (Å²) in [6.45, 7) is 0. The molecule has 2 N–H and O–H groups in total. The molecule has 1 aromatic heterocycles. The van der Waals surface area contributed by atoms with E-state index >= 15 is 0 Å². The molecule has 0 fully saturated rings. The van der Waals surface area contributed by atoms with Crippen molar-refractivity contribution in [1.29, 1.82) is 0 Å². The van der Waals surface area contributed by atoms with Crippen LogP contribution in [0, 0.1) is 0 Å². The van der Waals surface area contributed by atoms with Crippen molar-refractivity contribution in [3.63, 3.8) is 0 Å². The van der Waals surface area contributed by atoms with E-state index in [4.69, 9.17) is 9.47 Å². The van der Waals surface area contributed by atoms with E-state index in [2.05, 4.69) is 31.4 Å². The molecule has 21 heavy (non-hydrogen) atoms. The van der Waals surface area contributed by atoms with Gasteiger partial charge in [-0.15, -0.1) is 0 Å². The van der Waals surface area contributed by atoms with Crippen LogP contribution in [0.15, 0.2) is 40.0 Å². The molecule has 7 heteroatoms. The fourth-order valence-corrected chi connectivity index (χ4v) is 1.99. The predicted molar refractivity (Wildman–Crippen MR) is 83.1 cm³/mol. The number of benzene rings is 1. The average molecular weight is 352 g/mol. The molecule has 2 rings (SSSR count). The fraction of sp³-hybridized carbons (Fsp3) is 0.143. The summed E-state index contributed by atoms with van der Waals surface area (Å²) in [6, 6.07) is 6.98. The molecule has 0 atom stereocenters. The molecule has 1 aromatic carbocycles. The van der Waals surface area contributed by atoms with E-state index in [0.717, 1.165) is 10.0 Å². The number of rotatable bonds is 5. The van der Waals surface area contributed by atoms with Crippen LogP contribution in [0.1, 0.15) is 16.1 Å². The normalized spacial score (nSPS) is 10.6. The summed E-state index contributed by atoms with van der Waals surface area (Å²) < 4.78 is 11.1. The molecule has 110 valence electrons. The Kier molecular flexibility index (Phi) is 4.99. The van der Waals surface area contributed by atoms with Gasteiger partial charge in [-0.3, -0.25) is 4.79 Å². The Labute approximate surface area is 130 Å². The first kappa shape index (κ1) is 15.1. The highest BCUT2D eigenvalue weighted by atomic mass is 79.9.